The average Bonchev–Trinajstić information content (AvgIpc) is 3.44. The van der Waals surface area contributed by atoms with Gasteiger partial charge in [0, 0.05) is 66.8 Å². The molecular weight excluding hydrogens is 425 g/mol. The molecule has 3 heterocycles. The number of aromatic amines is 1. The van der Waals surface area contributed by atoms with E-state index in [2.05, 4.69) is 9.97 Å². The summed E-state index contributed by atoms with van der Waals surface area (Å²) in [6, 6.07) is 9.21. The highest BCUT2D eigenvalue weighted by molar-refractivity contribution is 6.07. The average molecular weight is 445 g/mol. The maximum absolute atomic E-state index is 13.5. The topological polar surface area (TPSA) is 97.1 Å². The quantitative estimate of drug-likeness (QED) is 0.278. The molecule has 0 radical (unpaired) electrons. The van der Waals surface area contributed by atoms with Gasteiger partial charge in [-0.25, -0.2) is 9.37 Å². The molecule has 166 valence electrons. The number of H-pyrrole nitrogens is 1. The molecule has 1 aliphatic rings. The Morgan fingerprint density at radius 1 is 1.24 bits per heavy atom. The van der Waals surface area contributed by atoms with Gasteiger partial charge < -0.3 is 14.5 Å². The summed E-state index contributed by atoms with van der Waals surface area (Å²) < 4.78 is 15.1. The molecule has 8 nitrogen and oxygen atoms in total. The predicted octanol–water partition coefficient (Wildman–Crippen LogP) is 4.47. The summed E-state index contributed by atoms with van der Waals surface area (Å²) in [7, 11) is 1.70. The minimum absolute atomic E-state index is 0.116. The third-order valence-electron chi connectivity index (χ3n) is 6.00. The first-order chi connectivity index (χ1) is 15.9. The number of hydrogen-bond donors (Lipinski definition) is 1. The number of aryl methyl sites for hydroxylation is 1. The number of nitrogens with one attached hydrogen (secondary N) is 1. The lowest BCUT2D eigenvalue weighted by molar-refractivity contribution is -0.384. The molecule has 2 aromatic carbocycles. The molecule has 1 N–H and O–H groups in total. The number of carbonyl (C=O) groups excluding carboxylic acids is 1. The Balaban J connectivity index is 1.43. The van der Waals surface area contributed by atoms with Crippen LogP contribution in [0.5, 0.6) is 0 Å². The van der Waals surface area contributed by atoms with Crippen LogP contribution >= 0.6 is 0 Å². The fraction of sp³-hybridized carbons (Fsp3) is 0.167. The number of ketones is 1. The van der Waals surface area contributed by atoms with Crippen molar-refractivity contribution in [2.75, 3.05) is 18.0 Å². The zero-order valence-corrected chi connectivity index (χ0v) is 17.8. The molecule has 0 unspecified atom stereocenters. The van der Waals surface area contributed by atoms with Crippen LogP contribution in [-0.2, 0) is 7.05 Å². The van der Waals surface area contributed by atoms with E-state index in [1.165, 1.54) is 24.4 Å². The van der Waals surface area contributed by atoms with E-state index in [0.717, 1.165) is 22.0 Å². The molecule has 0 aliphatic carbocycles. The van der Waals surface area contributed by atoms with E-state index in [1.807, 2.05) is 17.2 Å². The summed E-state index contributed by atoms with van der Waals surface area (Å²) in [5, 5.41) is 12.8. The molecule has 0 spiro atoms. The van der Waals surface area contributed by atoms with Crippen molar-refractivity contribution >= 4 is 33.6 Å². The van der Waals surface area contributed by atoms with E-state index in [0.29, 0.717) is 25.2 Å². The lowest BCUT2D eigenvalue weighted by atomic mass is 9.98. The van der Waals surface area contributed by atoms with E-state index in [9.17, 15) is 19.3 Å². The largest absolute Gasteiger partial charge is 0.362 e. The number of nitro groups is 1. The van der Waals surface area contributed by atoms with Gasteiger partial charge in [-0.15, -0.1) is 0 Å². The Morgan fingerprint density at radius 2 is 2.09 bits per heavy atom. The van der Waals surface area contributed by atoms with Gasteiger partial charge >= 0.3 is 0 Å². The summed E-state index contributed by atoms with van der Waals surface area (Å²) in [6.45, 7) is 1.06. The summed E-state index contributed by atoms with van der Waals surface area (Å²) in [4.78, 5) is 33.2. The van der Waals surface area contributed by atoms with Crippen molar-refractivity contribution in [3.63, 3.8) is 0 Å². The maximum Gasteiger partial charge on any atom is 0.293 e. The highest BCUT2D eigenvalue weighted by Crippen LogP contribution is 2.35. The van der Waals surface area contributed by atoms with E-state index in [-0.39, 0.29) is 28.7 Å². The van der Waals surface area contributed by atoms with Crippen LogP contribution < -0.4 is 4.90 Å². The monoisotopic (exact) mass is 445 g/mol. The number of nitro benzene ring substituents is 1. The summed E-state index contributed by atoms with van der Waals surface area (Å²) in [5.41, 5.74) is 3.42. The van der Waals surface area contributed by atoms with Crippen LogP contribution in [0.2, 0.25) is 0 Å². The van der Waals surface area contributed by atoms with Crippen LogP contribution in [0.3, 0.4) is 0 Å². The van der Waals surface area contributed by atoms with Gasteiger partial charge in [-0.2, -0.15) is 0 Å². The van der Waals surface area contributed by atoms with Crippen LogP contribution in [0.15, 0.2) is 61.1 Å². The second-order valence-corrected chi connectivity index (χ2v) is 7.97. The second-order valence-electron chi connectivity index (χ2n) is 7.97. The fourth-order valence-electron chi connectivity index (χ4n) is 4.29. The molecule has 9 heteroatoms. The van der Waals surface area contributed by atoms with E-state index in [1.54, 1.807) is 36.0 Å². The fourth-order valence-corrected chi connectivity index (χ4v) is 4.29. The molecule has 1 aliphatic heterocycles. The third-order valence-corrected chi connectivity index (χ3v) is 6.00. The molecule has 0 amide bonds. The number of nitrogens with zero attached hydrogens (tertiary/aromatic N) is 4. The number of rotatable bonds is 5. The molecule has 0 atom stereocenters. The summed E-state index contributed by atoms with van der Waals surface area (Å²) >= 11 is 0. The first-order valence-electron chi connectivity index (χ1n) is 10.4. The molecule has 0 saturated carbocycles. The SMILES string of the molecule is Cn1ccnc1C(=O)c1ccc(N2CC=C(c3c[nH]c4cc(F)ccc34)CC2)c([N+](=O)[O-])c1. The number of imidazole rings is 1. The Labute approximate surface area is 188 Å². The van der Waals surface area contributed by atoms with Gasteiger partial charge in [-0.3, -0.25) is 14.9 Å². The molecular formula is C24H20FN5O3. The second kappa shape index (κ2) is 8.01. The van der Waals surface area contributed by atoms with Crippen molar-refractivity contribution in [3.05, 3.63) is 93.9 Å². The zero-order valence-electron chi connectivity index (χ0n) is 17.8. The third kappa shape index (κ3) is 3.67. The number of hydrogen-bond acceptors (Lipinski definition) is 5. The number of benzene rings is 2. The number of halogens is 1. The summed E-state index contributed by atoms with van der Waals surface area (Å²) in [5.74, 6) is -0.438. The number of fused-ring (bicyclic) bond motifs is 1. The van der Waals surface area contributed by atoms with E-state index >= 15 is 0 Å². The van der Waals surface area contributed by atoms with Crippen LogP contribution in [0.4, 0.5) is 15.8 Å². The van der Waals surface area contributed by atoms with Gasteiger partial charge in [0.1, 0.15) is 11.5 Å². The summed E-state index contributed by atoms with van der Waals surface area (Å²) in [6.07, 6.45) is 7.74. The van der Waals surface area contributed by atoms with Crippen LogP contribution in [0.1, 0.15) is 28.2 Å². The van der Waals surface area contributed by atoms with Gasteiger partial charge in [0.15, 0.2) is 5.82 Å². The molecule has 33 heavy (non-hydrogen) atoms. The van der Waals surface area contributed by atoms with Gasteiger partial charge in [-0.1, -0.05) is 6.08 Å². The Hall–Kier alpha value is -4.27. The lowest BCUT2D eigenvalue weighted by Gasteiger charge is -2.28. The van der Waals surface area contributed by atoms with Crippen molar-refractivity contribution in [2.45, 2.75) is 6.42 Å². The van der Waals surface area contributed by atoms with Crippen LogP contribution in [-0.4, -0.2) is 38.3 Å². The Morgan fingerprint density at radius 3 is 2.79 bits per heavy atom. The Bertz CT molecular complexity index is 1440. The first kappa shape index (κ1) is 20.6. The van der Waals surface area contributed by atoms with E-state index in [4.69, 9.17) is 0 Å². The number of anilines is 1. The van der Waals surface area contributed by atoms with Crippen LogP contribution in [0.25, 0.3) is 16.5 Å². The Kier molecular flexibility index (Phi) is 5.01. The predicted molar refractivity (Wildman–Crippen MR) is 123 cm³/mol. The normalized spacial score (nSPS) is 13.9. The van der Waals surface area contributed by atoms with Crippen molar-refractivity contribution in [3.8, 4) is 0 Å². The van der Waals surface area contributed by atoms with Gasteiger partial charge in [-0.05, 0) is 42.3 Å². The molecule has 0 saturated heterocycles. The number of carbonyl (C=O) groups is 1. The van der Waals surface area contributed by atoms with Crippen LogP contribution in [0, 0.1) is 15.9 Å². The van der Waals surface area contributed by atoms with Crippen molar-refractivity contribution in [1.82, 2.24) is 14.5 Å². The number of aromatic nitrogens is 3. The van der Waals surface area contributed by atoms with Crippen molar-refractivity contribution < 1.29 is 14.1 Å². The maximum atomic E-state index is 13.5. The first-order valence-corrected chi connectivity index (χ1v) is 10.4. The molecule has 2 aromatic heterocycles. The van der Waals surface area contributed by atoms with Gasteiger partial charge in [0.25, 0.3) is 5.69 Å². The standard InChI is InChI=1S/C24H20FN5O3/c1-28-11-8-26-24(28)23(31)16-2-5-21(22(12-16)30(32)33)29-9-6-15(7-10-29)19-14-27-20-13-17(25)3-4-18(19)20/h2-6,8,11-14,27H,7,9-10H2,1H3. The minimum Gasteiger partial charge on any atom is -0.362 e. The zero-order chi connectivity index (χ0) is 23.1. The van der Waals surface area contributed by atoms with Crippen molar-refractivity contribution in [2.24, 2.45) is 7.05 Å². The molecule has 5 rings (SSSR count). The highest BCUT2D eigenvalue weighted by Gasteiger charge is 2.25. The lowest BCUT2D eigenvalue weighted by Crippen LogP contribution is -2.29. The highest BCUT2D eigenvalue weighted by atomic mass is 19.1. The van der Waals surface area contributed by atoms with Crippen molar-refractivity contribution in [1.29, 1.82) is 0 Å². The van der Waals surface area contributed by atoms with Gasteiger partial charge in [0.05, 0.1) is 4.92 Å². The molecule has 4 aromatic rings. The van der Waals surface area contributed by atoms with Gasteiger partial charge in [0.2, 0.25) is 5.78 Å². The molecule has 0 bridgehead atoms. The van der Waals surface area contributed by atoms with E-state index < -0.39 is 4.92 Å². The minimum atomic E-state index is -0.460. The molecule has 0 fully saturated rings. The smallest absolute Gasteiger partial charge is 0.293 e.